The van der Waals surface area contributed by atoms with E-state index in [9.17, 15) is 13.2 Å². The highest BCUT2D eigenvalue weighted by atomic mass is 32.2. The molecule has 3 heterocycles. The van der Waals surface area contributed by atoms with E-state index in [4.69, 9.17) is 0 Å². The lowest BCUT2D eigenvalue weighted by Crippen LogP contribution is -2.38. The molecular formula is C15H19N3O3S2. The highest BCUT2D eigenvalue weighted by Gasteiger charge is 2.34. The van der Waals surface area contributed by atoms with Crippen molar-refractivity contribution in [3.05, 3.63) is 40.8 Å². The maximum Gasteiger partial charge on any atom is 0.247 e. The molecule has 2 aromatic rings. The van der Waals surface area contributed by atoms with E-state index in [0.29, 0.717) is 13.0 Å². The zero-order chi connectivity index (χ0) is 16.4. The lowest BCUT2D eigenvalue weighted by molar-refractivity contribution is -0.134. The van der Waals surface area contributed by atoms with Crippen molar-refractivity contribution in [1.29, 1.82) is 0 Å². The second-order valence-electron chi connectivity index (χ2n) is 5.65. The molecular weight excluding hydrogens is 334 g/mol. The predicted octanol–water partition coefficient (Wildman–Crippen LogP) is 1.89. The fourth-order valence-electron chi connectivity index (χ4n) is 2.85. The fraction of sp³-hybridized carbons (Fsp3) is 0.467. The summed E-state index contributed by atoms with van der Waals surface area (Å²) in [7, 11) is -3.23. The van der Waals surface area contributed by atoms with Gasteiger partial charge in [0.05, 0.1) is 11.0 Å². The molecule has 2 unspecified atom stereocenters. The Morgan fingerprint density at radius 1 is 1.39 bits per heavy atom. The maximum atomic E-state index is 12.6. The average molecular weight is 353 g/mol. The summed E-state index contributed by atoms with van der Waals surface area (Å²) in [5.74, 6) is -0.0802. The highest BCUT2D eigenvalue weighted by molar-refractivity contribution is 7.91. The van der Waals surface area contributed by atoms with Gasteiger partial charge in [0.1, 0.15) is 6.04 Å². The number of rotatable bonds is 3. The molecule has 124 valence electrons. The molecule has 0 N–H and O–H groups in total. The number of thiophene rings is 1. The molecule has 1 fully saturated rings. The molecule has 1 aliphatic heterocycles. The Kier molecular flexibility index (Phi) is 4.54. The van der Waals surface area contributed by atoms with E-state index in [0.717, 1.165) is 4.88 Å². The van der Waals surface area contributed by atoms with Gasteiger partial charge < -0.3 is 4.90 Å². The summed E-state index contributed by atoms with van der Waals surface area (Å²) in [5.41, 5.74) is 0. The van der Waals surface area contributed by atoms with Crippen molar-refractivity contribution >= 4 is 27.1 Å². The predicted molar refractivity (Wildman–Crippen MR) is 89.0 cm³/mol. The summed E-state index contributed by atoms with van der Waals surface area (Å²) >= 11 is 1.46. The molecule has 23 heavy (non-hydrogen) atoms. The van der Waals surface area contributed by atoms with Crippen molar-refractivity contribution in [1.82, 2.24) is 14.7 Å². The summed E-state index contributed by atoms with van der Waals surface area (Å²) in [4.78, 5) is 15.1. The van der Waals surface area contributed by atoms with Crippen LogP contribution in [0.2, 0.25) is 0 Å². The van der Waals surface area contributed by atoms with Gasteiger partial charge in [-0.15, -0.1) is 11.3 Å². The summed E-state index contributed by atoms with van der Waals surface area (Å²) in [6.45, 7) is 2.48. The summed E-state index contributed by atoms with van der Waals surface area (Å²) in [6, 6.07) is 5.06. The lowest BCUT2D eigenvalue weighted by Gasteiger charge is -2.23. The number of amides is 1. The van der Waals surface area contributed by atoms with E-state index in [1.807, 2.05) is 17.5 Å². The van der Waals surface area contributed by atoms with Gasteiger partial charge in [-0.3, -0.25) is 9.48 Å². The van der Waals surface area contributed by atoms with Crippen molar-refractivity contribution in [3.63, 3.8) is 0 Å². The maximum absolute atomic E-state index is 12.6. The minimum absolute atomic E-state index is 0.00708. The molecule has 3 rings (SSSR count). The van der Waals surface area contributed by atoms with Crippen LogP contribution < -0.4 is 0 Å². The van der Waals surface area contributed by atoms with E-state index in [1.54, 1.807) is 35.0 Å². The van der Waals surface area contributed by atoms with Gasteiger partial charge in [-0.05, 0) is 30.9 Å². The zero-order valence-corrected chi connectivity index (χ0v) is 14.5. The first-order valence-corrected chi connectivity index (χ1v) is 10.1. The lowest BCUT2D eigenvalue weighted by atomic mass is 10.2. The van der Waals surface area contributed by atoms with Crippen LogP contribution in [0.1, 0.15) is 29.5 Å². The Bertz CT molecular complexity index is 754. The first kappa shape index (κ1) is 16.2. The monoisotopic (exact) mass is 353 g/mol. The molecule has 0 saturated carbocycles. The highest BCUT2D eigenvalue weighted by Crippen LogP contribution is 2.32. The molecule has 0 spiro atoms. The van der Waals surface area contributed by atoms with E-state index < -0.39 is 21.1 Å². The van der Waals surface area contributed by atoms with Gasteiger partial charge in [0, 0.05) is 30.4 Å². The molecule has 2 atom stereocenters. The summed E-state index contributed by atoms with van der Waals surface area (Å²) in [5, 5.41) is 5.48. The first-order valence-electron chi connectivity index (χ1n) is 7.52. The largest absolute Gasteiger partial charge is 0.340 e. The molecule has 8 heteroatoms. The van der Waals surface area contributed by atoms with Crippen LogP contribution in [-0.4, -0.2) is 47.8 Å². The Morgan fingerprint density at radius 3 is 2.87 bits per heavy atom. The second kappa shape index (κ2) is 6.45. The van der Waals surface area contributed by atoms with Crippen LogP contribution in [0.4, 0.5) is 0 Å². The Hall–Kier alpha value is -1.67. The minimum Gasteiger partial charge on any atom is -0.340 e. The number of carbonyl (C=O) groups is 1. The normalized spacial score (nSPS) is 22.5. The molecule has 0 aliphatic carbocycles. The van der Waals surface area contributed by atoms with Crippen molar-refractivity contribution in [2.45, 2.75) is 24.6 Å². The quantitative estimate of drug-likeness (QED) is 0.845. The average Bonchev–Trinajstić information content (AvgIpc) is 3.20. The summed E-state index contributed by atoms with van der Waals surface area (Å²) < 4.78 is 26.6. The topological polar surface area (TPSA) is 72.3 Å². The number of hydrogen-bond acceptors (Lipinski definition) is 5. The first-order chi connectivity index (χ1) is 11.0. The van der Waals surface area contributed by atoms with Crippen LogP contribution in [0.25, 0.3) is 0 Å². The zero-order valence-electron chi connectivity index (χ0n) is 12.8. The molecule has 0 radical (unpaired) electrons. The van der Waals surface area contributed by atoms with Gasteiger partial charge in [0.2, 0.25) is 5.91 Å². The van der Waals surface area contributed by atoms with E-state index >= 15 is 0 Å². The third-order valence-corrected chi connectivity index (χ3v) is 7.44. The van der Waals surface area contributed by atoms with Gasteiger partial charge in [-0.25, -0.2) is 8.42 Å². The smallest absolute Gasteiger partial charge is 0.247 e. The standard InChI is InChI=1S/C15H19N3O3S2/c1-12(18-7-3-6-16-18)15(19)17-8-5-14(13-4-2-10-22-13)23(20,21)11-9-17/h2-4,6-7,10,12,14H,5,8-9,11H2,1H3. The molecule has 1 saturated heterocycles. The van der Waals surface area contributed by atoms with Crippen molar-refractivity contribution < 1.29 is 13.2 Å². The number of carbonyl (C=O) groups excluding carboxylic acids is 1. The van der Waals surface area contributed by atoms with E-state index in [-0.39, 0.29) is 18.2 Å². The molecule has 0 bridgehead atoms. The third-order valence-electron chi connectivity index (χ3n) is 4.19. The van der Waals surface area contributed by atoms with Gasteiger partial charge in [0.25, 0.3) is 0 Å². The molecule has 2 aromatic heterocycles. The van der Waals surface area contributed by atoms with Crippen LogP contribution in [0.15, 0.2) is 36.0 Å². The van der Waals surface area contributed by atoms with Crippen molar-refractivity contribution in [2.75, 3.05) is 18.8 Å². The number of sulfone groups is 1. The minimum atomic E-state index is -3.23. The Balaban J connectivity index is 1.76. The SMILES string of the molecule is CC(C(=O)N1CCC(c2cccs2)S(=O)(=O)CC1)n1cccn1. The molecule has 0 aromatic carbocycles. The van der Waals surface area contributed by atoms with Gasteiger partial charge in [0.15, 0.2) is 9.84 Å². The van der Waals surface area contributed by atoms with Crippen LogP contribution in [0, 0.1) is 0 Å². The number of nitrogens with zero attached hydrogens (tertiary/aromatic N) is 3. The van der Waals surface area contributed by atoms with Gasteiger partial charge in [-0.2, -0.15) is 5.10 Å². The summed E-state index contributed by atoms with van der Waals surface area (Å²) in [6.07, 6.45) is 3.81. The van der Waals surface area contributed by atoms with Crippen LogP contribution in [-0.2, 0) is 14.6 Å². The number of aromatic nitrogens is 2. The fourth-order valence-corrected chi connectivity index (χ4v) is 5.85. The number of hydrogen-bond donors (Lipinski definition) is 0. The molecule has 1 amide bonds. The Labute approximate surface area is 139 Å². The molecule has 1 aliphatic rings. The van der Waals surface area contributed by atoms with E-state index in [2.05, 4.69) is 5.10 Å². The second-order valence-corrected chi connectivity index (χ2v) is 8.93. The van der Waals surface area contributed by atoms with E-state index in [1.165, 1.54) is 11.3 Å². The molecule has 6 nitrogen and oxygen atoms in total. The van der Waals surface area contributed by atoms with Gasteiger partial charge in [-0.1, -0.05) is 6.07 Å². The van der Waals surface area contributed by atoms with Crippen LogP contribution in [0.3, 0.4) is 0 Å². The van der Waals surface area contributed by atoms with Crippen LogP contribution >= 0.6 is 11.3 Å². The van der Waals surface area contributed by atoms with Crippen molar-refractivity contribution in [3.8, 4) is 0 Å². The van der Waals surface area contributed by atoms with Gasteiger partial charge >= 0.3 is 0 Å². The third kappa shape index (κ3) is 3.32. The Morgan fingerprint density at radius 2 is 2.22 bits per heavy atom. The van der Waals surface area contributed by atoms with Crippen molar-refractivity contribution in [2.24, 2.45) is 0 Å². The van der Waals surface area contributed by atoms with Crippen LogP contribution in [0.5, 0.6) is 0 Å².